The molecular formula is C20H26N4O2S. The first-order valence-electron chi connectivity index (χ1n) is 9.54. The molecular weight excluding hydrogens is 360 g/mol. The molecule has 7 heteroatoms. The fourth-order valence-electron chi connectivity index (χ4n) is 3.30. The first kappa shape index (κ1) is 19.5. The second-order valence-electron chi connectivity index (χ2n) is 6.75. The van der Waals surface area contributed by atoms with Crippen molar-refractivity contribution in [3.05, 3.63) is 46.4 Å². The van der Waals surface area contributed by atoms with Gasteiger partial charge >= 0.3 is 0 Å². The molecule has 0 bridgehead atoms. The van der Waals surface area contributed by atoms with Crippen molar-refractivity contribution in [1.82, 2.24) is 15.6 Å². The molecule has 2 amide bonds. The normalized spacial score (nSPS) is 15.1. The van der Waals surface area contributed by atoms with Gasteiger partial charge in [0, 0.05) is 37.1 Å². The highest BCUT2D eigenvalue weighted by atomic mass is 32.1. The quantitative estimate of drug-likeness (QED) is 0.503. The molecule has 0 atom stereocenters. The minimum Gasteiger partial charge on any atom is -0.350 e. The Balaban J connectivity index is 1.46. The third kappa shape index (κ3) is 5.87. The van der Waals surface area contributed by atoms with Crippen LogP contribution in [0, 0.1) is 0 Å². The Morgan fingerprint density at radius 3 is 2.48 bits per heavy atom. The minimum absolute atomic E-state index is 0.155. The summed E-state index contributed by atoms with van der Waals surface area (Å²) in [5.74, 6) is -0.405. The van der Waals surface area contributed by atoms with Gasteiger partial charge in [-0.25, -0.2) is 0 Å². The molecule has 27 heavy (non-hydrogen) atoms. The van der Waals surface area contributed by atoms with Crippen LogP contribution in [0.4, 0.5) is 5.69 Å². The van der Waals surface area contributed by atoms with Crippen LogP contribution in [-0.4, -0.2) is 35.9 Å². The summed E-state index contributed by atoms with van der Waals surface area (Å²) >= 11 is 1.32. The van der Waals surface area contributed by atoms with E-state index in [1.165, 1.54) is 49.9 Å². The van der Waals surface area contributed by atoms with Crippen molar-refractivity contribution in [2.24, 2.45) is 0 Å². The number of nitrogens with one attached hydrogen (secondary N) is 3. The van der Waals surface area contributed by atoms with Crippen LogP contribution in [0.3, 0.4) is 0 Å². The van der Waals surface area contributed by atoms with Gasteiger partial charge in [0.15, 0.2) is 0 Å². The Morgan fingerprint density at radius 1 is 1.00 bits per heavy atom. The zero-order chi connectivity index (χ0) is 18.9. The lowest BCUT2D eigenvalue weighted by Gasteiger charge is -2.16. The van der Waals surface area contributed by atoms with Crippen LogP contribution in [-0.2, 0) is 0 Å². The van der Waals surface area contributed by atoms with E-state index in [-0.39, 0.29) is 11.8 Å². The monoisotopic (exact) mass is 386 g/mol. The van der Waals surface area contributed by atoms with Crippen LogP contribution in [0.15, 0.2) is 36.0 Å². The molecule has 3 rings (SSSR count). The van der Waals surface area contributed by atoms with Gasteiger partial charge in [0.1, 0.15) is 4.88 Å². The molecule has 2 heterocycles. The number of pyridine rings is 1. The summed E-state index contributed by atoms with van der Waals surface area (Å²) in [7, 11) is 0. The van der Waals surface area contributed by atoms with Crippen molar-refractivity contribution in [3.63, 3.8) is 0 Å². The van der Waals surface area contributed by atoms with Crippen LogP contribution < -0.4 is 16.0 Å². The van der Waals surface area contributed by atoms with E-state index >= 15 is 0 Å². The molecule has 144 valence electrons. The summed E-state index contributed by atoms with van der Waals surface area (Å²) in [4.78, 5) is 29.2. The van der Waals surface area contributed by atoms with E-state index < -0.39 is 0 Å². The van der Waals surface area contributed by atoms with E-state index in [9.17, 15) is 9.59 Å². The van der Waals surface area contributed by atoms with Gasteiger partial charge in [0.25, 0.3) is 11.8 Å². The second kappa shape index (κ2) is 10.2. The molecule has 2 aromatic heterocycles. The highest BCUT2D eigenvalue weighted by molar-refractivity contribution is 7.12. The number of carbonyl (C=O) groups is 2. The lowest BCUT2D eigenvalue weighted by Crippen LogP contribution is -2.36. The van der Waals surface area contributed by atoms with Crippen LogP contribution in [0.2, 0.25) is 0 Å². The minimum atomic E-state index is -0.250. The predicted octanol–water partition coefficient (Wildman–Crippen LogP) is 3.44. The Morgan fingerprint density at radius 2 is 1.74 bits per heavy atom. The Bertz CT molecular complexity index is 739. The number of rotatable bonds is 7. The predicted molar refractivity (Wildman–Crippen MR) is 108 cm³/mol. The SMILES string of the molecule is O=C(Nc1ccsc1C(=O)NCCNC1CCCCCC1)c1ccncc1. The van der Waals surface area contributed by atoms with E-state index in [0.29, 0.717) is 28.7 Å². The molecule has 0 saturated heterocycles. The zero-order valence-corrected chi connectivity index (χ0v) is 16.2. The molecule has 6 nitrogen and oxygen atoms in total. The largest absolute Gasteiger partial charge is 0.350 e. The summed E-state index contributed by atoms with van der Waals surface area (Å²) < 4.78 is 0. The zero-order valence-electron chi connectivity index (χ0n) is 15.4. The number of thiophene rings is 1. The van der Waals surface area contributed by atoms with Gasteiger partial charge in [-0.15, -0.1) is 11.3 Å². The number of nitrogens with zero attached hydrogens (tertiary/aromatic N) is 1. The molecule has 0 unspecified atom stereocenters. The molecule has 1 fully saturated rings. The summed E-state index contributed by atoms with van der Waals surface area (Å²) in [5.41, 5.74) is 1.05. The maximum absolute atomic E-state index is 12.5. The third-order valence-corrected chi connectivity index (χ3v) is 5.67. The third-order valence-electron chi connectivity index (χ3n) is 4.76. The number of amides is 2. The van der Waals surface area contributed by atoms with E-state index in [2.05, 4.69) is 20.9 Å². The van der Waals surface area contributed by atoms with Gasteiger partial charge in [-0.05, 0) is 36.4 Å². The summed E-state index contributed by atoms with van der Waals surface area (Å²) in [6, 6.07) is 5.60. The van der Waals surface area contributed by atoms with Gasteiger partial charge < -0.3 is 16.0 Å². The van der Waals surface area contributed by atoms with E-state index in [0.717, 1.165) is 6.54 Å². The summed E-state index contributed by atoms with van der Waals surface area (Å²) in [5, 5.41) is 11.1. The number of aromatic nitrogens is 1. The Kier molecular flexibility index (Phi) is 7.36. The lowest BCUT2D eigenvalue weighted by molar-refractivity contribution is 0.0958. The molecule has 2 aromatic rings. The van der Waals surface area contributed by atoms with E-state index in [4.69, 9.17) is 0 Å². The van der Waals surface area contributed by atoms with Crippen LogP contribution >= 0.6 is 11.3 Å². The van der Waals surface area contributed by atoms with Gasteiger partial charge in [-0.2, -0.15) is 0 Å². The van der Waals surface area contributed by atoms with Crippen molar-refractivity contribution >= 4 is 28.8 Å². The Labute approximate surface area is 163 Å². The maximum Gasteiger partial charge on any atom is 0.263 e. The molecule has 1 aliphatic carbocycles. The van der Waals surface area contributed by atoms with Gasteiger partial charge in [0.2, 0.25) is 0 Å². The number of hydrogen-bond donors (Lipinski definition) is 3. The smallest absolute Gasteiger partial charge is 0.263 e. The van der Waals surface area contributed by atoms with Crippen molar-refractivity contribution in [2.75, 3.05) is 18.4 Å². The first-order valence-corrected chi connectivity index (χ1v) is 10.4. The Hall–Kier alpha value is -2.25. The number of carbonyl (C=O) groups excluding carboxylic acids is 2. The fraction of sp³-hybridized carbons (Fsp3) is 0.450. The highest BCUT2D eigenvalue weighted by Crippen LogP contribution is 2.23. The molecule has 0 radical (unpaired) electrons. The number of hydrogen-bond acceptors (Lipinski definition) is 5. The maximum atomic E-state index is 12.5. The molecule has 0 spiro atoms. The van der Waals surface area contributed by atoms with Crippen LogP contribution in [0.5, 0.6) is 0 Å². The van der Waals surface area contributed by atoms with Crippen LogP contribution in [0.1, 0.15) is 58.6 Å². The molecule has 3 N–H and O–H groups in total. The van der Waals surface area contributed by atoms with Gasteiger partial charge in [-0.3, -0.25) is 14.6 Å². The highest BCUT2D eigenvalue weighted by Gasteiger charge is 2.16. The van der Waals surface area contributed by atoms with E-state index in [1.807, 2.05) is 0 Å². The first-order chi connectivity index (χ1) is 13.2. The van der Waals surface area contributed by atoms with Crippen molar-refractivity contribution in [1.29, 1.82) is 0 Å². The second-order valence-corrected chi connectivity index (χ2v) is 7.67. The molecule has 0 aromatic carbocycles. The lowest BCUT2D eigenvalue weighted by atomic mass is 10.1. The molecule has 0 aliphatic heterocycles. The van der Waals surface area contributed by atoms with Gasteiger partial charge in [-0.1, -0.05) is 25.7 Å². The summed E-state index contributed by atoms with van der Waals surface area (Å²) in [6.07, 6.45) is 10.8. The van der Waals surface area contributed by atoms with Crippen molar-refractivity contribution in [2.45, 2.75) is 44.6 Å². The molecule has 1 aliphatic rings. The van der Waals surface area contributed by atoms with Gasteiger partial charge in [0.05, 0.1) is 5.69 Å². The van der Waals surface area contributed by atoms with Crippen molar-refractivity contribution in [3.8, 4) is 0 Å². The fourth-order valence-corrected chi connectivity index (χ4v) is 4.06. The summed E-state index contributed by atoms with van der Waals surface area (Å²) in [6.45, 7) is 1.34. The molecule has 1 saturated carbocycles. The average Bonchev–Trinajstić information content (AvgIpc) is 2.99. The topological polar surface area (TPSA) is 83.1 Å². The van der Waals surface area contributed by atoms with Crippen molar-refractivity contribution < 1.29 is 9.59 Å². The number of anilines is 1. The van der Waals surface area contributed by atoms with Crippen LogP contribution in [0.25, 0.3) is 0 Å². The average molecular weight is 387 g/mol. The van der Waals surface area contributed by atoms with E-state index in [1.54, 1.807) is 36.0 Å². The standard InChI is InChI=1S/C20H26N4O2S/c25-19(15-7-10-21-11-8-15)24-17-9-14-27-18(17)20(26)23-13-12-22-16-5-3-1-2-4-6-16/h7-11,14,16,22H,1-6,12-13H2,(H,23,26)(H,24,25).